The van der Waals surface area contributed by atoms with Crippen molar-refractivity contribution in [1.82, 2.24) is 15.2 Å². The van der Waals surface area contributed by atoms with E-state index in [1.807, 2.05) is 0 Å². The highest BCUT2D eigenvalue weighted by atomic mass is 32.1. The quantitative estimate of drug-likeness (QED) is 0.548. The van der Waals surface area contributed by atoms with Crippen molar-refractivity contribution in [2.24, 2.45) is 5.92 Å². The number of benzene rings is 1. The van der Waals surface area contributed by atoms with Crippen LogP contribution in [0.1, 0.15) is 33.8 Å². The summed E-state index contributed by atoms with van der Waals surface area (Å²) in [5.74, 6) is 0.247. The van der Waals surface area contributed by atoms with Crippen molar-refractivity contribution in [2.45, 2.75) is 26.3 Å². The van der Waals surface area contributed by atoms with E-state index in [1.165, 1.54) is 4.88 Å². The molecular weight excluding hydrogens is 410 g/mol. The number of rotatable bonds is 6. The molecule has 162 valence electrons. The second-order valence-corrected chi connectivity index (χ2v) is 9.14. The number of hydrogen-bond donors (Lipinski definition) is 3. The Balaban J connectivity index is 1.36. The highest BCUT2D eigenvalue weighted by Gasteiger charge is 2.21. The van der Waals surface area contributed by atoms with E-state index < -0.39 is 0 Å². The number of hydrogen-bond acceptors (Lipinski definition) is 5. The molecule has 1 aliphatic heterocycles. The number of aromatic hydroxyl groups is 1. The number of likely N-dealkylation sites (tertiary alicyclic amines) is 1. The fraction of sp³-hybridized carbons (Fsp3) is 0.333. The lowest BCUT2D eigenvalue weighted by molar-refractivity contribution is 0.0934. The summed E-state index contributed by atoms with van der Waals surface area (Å²) >= 11 is 1.79. The number of aryl methyl sites for hydroxylation is 1. The van der Waals surface area contributed by atoms with Gasteiger partial charge in [0.1, 0.15) is 11.3 Å². The minimum atomic E-state index is -0.386. The van der Waals surface area contributed by atoms with Gasteiger partial charge in [0, 0.05) is 29.2 Å². The summed E-state index contributed by atoms with van der Waals surface area (Å²) in [4.78, 5) is 31.8. The molecule has 3 N–H and O–H groups in total. The topological polar surface area (TPSA) is 85.4 Å². The Morgan fingerprint density at radius 3 is 2.65 bits per heavy atom. The summed E-state index contributed by atoms with van der Waals surface area (Å²) in [6.07, 6.45) is 2.07. The molecule has 0 bridgehead atoms. The van der Waals surface area contributed by atoms with Gasteiger partial charge in [0.05, 0.1) is 0 Å². The van der Waals surface area contributed by atoms with Gasteiger partial charge in [-0.15, -0.1) is 11.3 Å². The van der Waals surface area contributed by atoms with E-state index in [9.17, 15) is 14.7 Å². The maximum absolute atomic E-state index is 12.8. The Morgan fingerprint density at radius 1 is 1.23 bits per heavy atom. The average Bonchev–Trinajstić information content (AvgIpc) is 3.27. The number of carbonyl (C=O) groups is 1. The summed E-state index contributed by atoms with van der Waals surface area (Å²) in [7, 11) is 0. The van der Waals surface area contributed by atoms with Crippen LogP contribution in [-0.4, -0.2) is 40.5 Å². The monoisotopic (exact) mass is 437 g/mol. The summed E-state index contributed by atoms with van der Waals surface area (Å²) in [5, 5.41) is 14.6. The molecule has 0 unspecified atom stereocenters. The molecule has 1 fully saturated rings. The maximum atomic E-state index is 12.8. The number of nitrogens with zero attached hydrogens (tertiary/aromatic N) is 1. The Hall–Kier alpha value is -2.90. The van der Waals surface area contributed by atoms with E-state index >= 15 is 0 Å². The van der Waals surface area contributed by atoms with Gasteiger partial charge in [0.25, 0.3) is 11.5 Å². The number of piperidine rings is 1. The summed E-state index contributed by atoms with van der Waals surface area (Å²) in [6, 6.07) is 12.6. The maximum Gasteiger partial charge on any atom is 0.261 e. The smallest absolute Gasteiger partial charge is 0.261 e. The molecule has 0 atom stereocenters. The number of aromatic nitrogens is 1. The number of H-pyrrole nitrogens is 1. The molecule has 0 saturated carbocycles. The summed E-state index contributed by atoms with van der Waals surface area (Å²) < 4.78 is 0. The molecule has 4 rings (SSSR count). The number of pyridine rings is 1. The van der Waals surface area contributed by atoms with Crippen molar-refractivity contribution < 1.29 is 9.90 Å². The van der Waals surface area contributed by atoms with Gasteiger partial charge in [-0.25, -0.2) is 0 Å². The van der Waals surface area contributed by atoms with Crippen LogP contribution in [0.5, 0.6) is 5.75 Å². The highest BCUT2D eigenvalue weighted by molar-refractivity contribution is 7.09. The first-order chi connectivity index (χ1) is 15.0. The fourth-order valence-corrected chi connectivity index (χ4v) is 4.78. The van der Waals surface area contributed by atoms with Gasteiger partial charge in [-0.05, 0) is 74.0 Å². The molecule has 1 aromatic carbocycles. The molecule has 31 heavy (non-hydrogen) atoms. The standard InChI is InChI=1S/C24H27N3O3S/c1-16-21(18-4-6-19(28)7-5-18)13-22(24(30)26-16)23(29)25-14-17-8-10-27(11-9-17)15-20-3-2-12-31-20/h2-7,12-13,17,28H,8-11,14-15H2,1H3,(H,25,29)(H,26,30). The van der Waals surface area contributed by atoms with Crippen LogP contribution in [0.2, 0.25) is 0 Å². The predicted molar refractivity (Wildman–Crippen MR) is 124 cm³/mol. The molecular formula is C24H27N3O3S. The van der Waals surface area contributed by atoms with Crippen LogP contribution >= 0.6 is 11.3 Å². The largest absolute Gasteiger partial charge is 0.508 e. The second-order valence-electron chi connectivity index (χ2n) is 8.11. The van der Waals surface area contributed by atoms with Crippen molar-refractivity contribution in [3.63, 3.8) is 0 Å². The average molecular weight is 438 g/mol. The first-order valence-corrected chi connectivity index (χ1v) is 11.4. The lowest BCUT2D eigenvalue weighted by Crippen LogP contribution is -2.39. The molecule has 1 amide bonds. The normalized spacial score (nSPS) is 15.1. The van der Waals surface area contributed by atoms with Crippen LogP contribution in [0.3, 0.4) is 0 Å². The van der Waals surface area contributed by atoms with Crippen molar-refractivity contribution in [2.75, 3.05) is 19.6 Å². The Labute approximate surface area is 185 Å². The molecule has 6 nitrogen and oxygen atoms in total. The molecule has 7 heteroatoms. The SMILES string of the molecule is Cc1[nH]c(=O)c(C(=O)NCC2CCN(Cc3cccs3)CC2)cc1-c1ccc(O)cc1. The fourth-order valence-electron chi connectivity index (χ4n) is 4.04. The number of phenols is 1. The number of aromatic amines is 1. The van der Waals surface area contributed by atoms with Gasteiger partial charge in [-0.3, -0.25) is 14.5 Å². The third kappa shape index (κ3) is 5.24. The van der Waals surface area contributed by atoms with Crippen LogP contribution in [0, 0.1) is 12.8 Å². The number of amides is 1. The van der Waals surface area contributed by atoms with Gasteiger partial charge >= 0.3 is 0 Å². The molecule has 0 spiro atoms. The van der Waals surface area contributed by atoms with Gasteiger partial charge in [0.15, 0.2) is 0 Å². The number of nitrogens with one attached hydrogen (secondary N) is 2. The molecule has 0 radical (unpaired) electrons. The number of phenolic OH excluding ortho intramolecular Hbond substituents is 1. The third-order valence-corrected chi connectivity index (χ3v) is 6.74. The first-order valence-electron chi connectivity index (χ1n) is 10.6. The minimum absolute atomic E-state index is 0.115. The van der Waals surface area contributed by atoms with Gasteiger partial charge < -0.3 is 15.4 Å². The minimum Gasteiger partial charge on any atom is -0.508 e. The predicted octanol–water partition coefficient (Wildman–Crippen LogP) is 3.76. The first kappa shape index (κ1) is 21.3. The lowest BCUT2D eigenvalue weighted by Gasteiger charge is -2.31. The Morgan fingerprint density at radius 2 is 1.97 bits per heavy atom. The van der Waals surface area contributed by atoms with Crippen molar-refractivity contribution in [3.05, 3.63) is 74.3 Å². The van der Waals surface area contributed by atoms with Crippen LogP contribution < -0.4 is 10.9 Å². The van der Waals surface area contributed by atoms with E-state index in [0.29, 0.717) is 18.2 Å². The lowest BCUT2D eigenvalue weighted by atomic mass is 9.96. The van der Waals surface area contributed by atoms with E-state index in [4.69, 9.17) is 0 Å². The van der Waals surface area contributed by atoms with Crippen LogP contribution in [0.15, 0.2) is 52.6 Å². The van der Waals surface area contributed by atoms with Crippen molar-refractivity contribution in [3.8, 4) is 16.9 Å². The number of thiophene rings is 1. The van der Waals surface area contributed by atoms with E-state index in [1.54, 1.807) is 48.6 Å². The zero-order valence-electron chi connectivity index (χ0n) is 17.6. The Bertz CT molecular complexity index is 1080. The van der Waals surface area contributed by atoms with Gasteiger partial charge in [-0.1, -0.05) is 18.2 Å². The van der Waals surface area contributed by atoms with E-state index in [2.05, 4.69) is 32.7 Å². The Kier molecular flexibility index (Phi) is 6.53. The molecule has 3 aromatic rings. The molecule has 3 heterocycles. The van der Waals surface area contributed by atoms with Crippen LogP contribution in [-0.2, 0) is 6.54 Å². The third-order valence-electron chi connectivity index (χ3n) is 5.88. The highest BCUT2D eigenvalue weighted by Crippen LogP contribution is 2.24. The van der Waals surface area contributed by atoms with E-state index in [-0.39, 0.29) is 22.8 Å². The van der Waals surface area contributed by atoms with Gasteiger partial charge in [-0.2, -0.15) is 0 Å². The van der Waals surface area contributed by atoms with E-state index in [0.717, 1.165) is 43.6 Å². The number of carbonyl (C=O) groups excluding carboxylic acids is 1. The molecule has 1 aliphatic rings. The summed E-state index contributed by atoms with van der Waals surface area (Å²) in [5.41, 5.74) is 2.02. The summed E-state index contributed by atoms with van der Waals surface area (Å²) in [6.45, 7) is 5.42. The van der Waals surface area contributed by atoms with Crippen LogP contribution in [0.25, 0.3) is 11.1 Å². The zero-order chi connectivity index (χ0) is 21.8. The van der Waals surface area contributed by atoms with Crippen molar-refractivity contribution >= 4 is 17.2 Å². The van der Waals surface area contributed by atoms with Crippen molar-refractivity contribution in [1.29, 1.82) is 0 Å². The zero-order valence-corrected chi connectivity index (χ0v) is 18.4. The van der Waals surface area contributed by atoms with Crippen LogP contribution in [0.4, 0.5) is 0 Å². The molecule has 1 saturated heterocycles. The molecule has 0 aliphatic carbocycles. The second kappa shape index (κ2) is 9.49. The molecule has 2 aromatic heterocycles. The van der Waals surface area contributed by atoms with Gasteiger partial charge in [0.2, 0.25) is 0 Å².